The Kier molecular flexibility index (Phi) is 2.94. The van der Waals surface area contributed by atoms with Crippen LogP contribution in [0.1, 0.15) is 5.89 Å². The first-order chi connectivity index (χ1) is 10.3. The highest BCUT2D eigenvalue weighted by Crippen LogP contribution is 2.23. The summed E-state index contributed by atoms with van der Waals surface area (Å²) in [6.07, 6.45) is 1.76. The van der Waals surface area contributed by atoms with Crippen LogP contribution in [-0.4, -0.2) is 14.8 Å². The lowest BCUT2D eigenvalue weighted by Gasteiger charge is -2.01. The Morgan fingerprint density at radius 3 is 2.95 bits per heavy atom. The number of pyridine rings is 1. The average molecular weight is 315 g/mol. The van der Waals surface area contributed by atoms with Gasteiger partial charge in [0.05, 0.1) is 10.3 Å². The fourth-order valence-electron chi connectivity index (χ4n) is 2.09. The standard InChI is InChI=1S/C14H9N3O2S2/c18-14-9-4-7-21-10(9)3-5-17(14)8-12-15-16-13(19-12)11-2-1-6-20-11/h1-7H,8H2. The number of thiophene rings is 2. The van der Waals surface area contributed by atoms with Crippen LogP contribution in [0.2, 0.25) is 0 Å². The van der Waals surface area contributed by atoms with Crippen LogP contribution in [0.15, 0.2) is 50.4 Å². The molecule has 0 spiro atoms. The summed E-state index contributed by atoms with van der Waals surface area (Å²) in [7, 11) is 0. The molecule has 0 aliphatic heterocycles. The van der Waals surface area contributed by atoms with Crippen LogP contribution < -0.4 is 5.56 Å². The number of nitrogens with zero attached hydrogens (tertiary/aromatic N) is 3. The number of fused-ring (bicyclic) bond motifs is 1. The maximum Gasteiger partial charge on any atom is 0.259 e. The fourth-order valence-corrected chi connectivity index (χ4v) is 3.51. The summed E-state index contributed by atoms with van der Waals surface area (Å²) in [6.45, 7) is 0.281. The first-order valence-electron chi connectivity index (χ1n) is 6.24. The summed E-state index contributed by atoms with van der Waals surface area (Å²) in [5, 5.41) is 12.6. The van der Waals surface area contributed by atoms with Gasteiger partial charge in [0.2, 0.25) is 5.89 Å². The highest BCUT2D eigenvalue weighted by Gasteiger charge is 2.11. The first-order valence-corrected chi connectivity index (χ1v) is 8.00. The van der Waals surface area contributed by atoms with Crippen molar-refractivity contribution >= 4 is 32.8 Å². The van der Waals surface area contributed by atoms with Gasteiger partial charge in [0.15, 0.2) is 0 Å². The summed E-state index contributed by atoms with van der Waals surface area (Å²) >= 11 is 3.09. The van der Waals surface area contributed by atoms with Gasteiger partial charge >= 0.3 is 0 Å². The summed E-state index contributed by atoms with van der Waals surface area (Å²) in [4.78, 5) is 13.2. The van der Waals surface area contributed by atoms with E-state index in [1.807, 2.05) is 35.0 Å². The zero-order valence-electron chi connectivity index (χ0n) is 10.7. The predicted molar refractivity (Wildman–Crippen MR) is 82.8 cm³/mol. The Bertz CT molecular complexity index is 950. The van der Waals surface area contributed by atoms with Crippen LogP contribution in [0.25, 0.3) is 20.9 Å². The number of rotatable bonds is 3. The van der Waals surface area contributed by atoms with Crippen LogP contribution >= 0.6 is 22.7 Å². The molecule has 4 rings (SSSR count). The van der Waals surface area contributed by atoms with Gasteiger partial charge in [0.25, 0.3) is 11.4 Å². The van der Waals surface area contributed by atoms with Gasteiger partial charge in [-0.25, -0.2) is 0 Å². The monoisotopic (exact) mass is 315 g/mol. The van der Waals surface area contributed by atoms with Crippen molar-refractivity contribution in [1.29, 1.82) is 0 Å². The molecule has 0 saturated carbocycles. The molecule has 0 aromatic carbocycles. The summed E-state index contributed by atoms with van der Waals surface area (Å²) < 4.78 is 8.18. The molecule has 0 unspecified atom stereocenters. The molecule has 21 heavy (non-hydrogen) atoms. The lowest BCUT2D eigenvalue weighted by Crippen LogP contribution is -2.19. The Morgan fingerprint density at radius 2 is 2.10 bits per heavy atom. The highest BCUT2D eigenvalue weighted by molar-refractivity contribution is 7.17. The highest BCUT2D eigenvalue weighted by atomic mass is 32.1. The minimum Gasteiger partial charge on any atom is -0.418 e. The smallest absolute Gasteiger partial charge is 0.259 e. The van der Waals surface area contributed by atoms with E-state index in [1.165, 1.54) is 11.3 Å². The molecule has 4 aromatic heterocycles. The lowest BCUT2D eigenvalue weighted by molar-refractivity contribution is 0.486. The average Bonchev–Trinajstić information content (AvgIpc) is 3.21. The molecule has 4 aromatic rings. The van der Waals surface area contributed by atoms with Crippen molar-refractivity contribution in [2.24, 2.45) is 0 Å². The van der Waals surface area contributed by atoms with Crippen molar-refractivity contribution in [3.8, 4) is 10.8 Å². The fraction of sp³-hybridized carbons (Fsp3) is 0.0714. The third kappa shape index (κ3) is 2.20. The zero-order chi connectivity index (χ0) is 14.2. The van der Waals surface area contributed by atoms with Gasteiger partial charge in [0.1, 0.15) is 6.54 Å². The van der Waals surface area contributed by atoms with Gasteiger partial charge in [-0.1, -0.05) is 6.07 Å². The molecule has 0 N–H and O–H groups in total. The molecule has 0 fully saturated rings. The van der Waals surface area contributed by atoms with Gasteiger partial charge in [0, 0.05) is 10.9 Å². The van der Waals surface area contributed by atoms with E-state index < -0.39 is 0 Å². The first kappa shape index (κ1) is 12.5. The second-order valence-corrected chi connectivity index (χ2v) is 6.32. The third-order valence-electron chi connectivity index (χ3n) is 3.10. The summed E-state index contributed by atoms with van der Waals surface area (Å²) in [5.74, 6) is 0.916. The van der Waals surface area contributed by atoms with Gasteiger partial charge in [-0.3, -0.25) is 4.79 Å². The van der Waals surface area contributed by atoms with Gasteiger partial charge in [-0.05, 0) is 29.0 Å². The topological polar surface area (TPSA) is 60.9 Å². The van der Waals surface area contributed by atoms with Crippen molar-refractivity contribution in [2.75, 3.05) is 0 Å². The minimum absolute atomic E-state index is 0.0374. The number of hydrogen-bond donors (Lipinski definition) is 0. The van der Waals surface area contributed by atoms with E-state index in [9.17, 15) is 4.79 Å². The largest absolute Gasteiger partial charge is 0.418 e. The lowest BCUT2D eigenvalue weighted by atomic mass is 10.3. The number of hydrogen-bond acceptors (Lipinski definition) is 6. The minimum atomic E-state index is -0.0374. The molecule has 0 bridgehead atoms. The molecular formula is C14H9N3O2S2. The predicted octanol–water partition coefficient (Wildman–Crippen LogP) is 3.22. The van der Waals surface area contributed by atoms with E-state index in [0.29, 0.717) is 11.8 Å². The van der Waals surface area contributed by atoms with Crippen molar-refractivity contribution in [2.45, 2.75) is 6.54 Å². The maximum absolute atomic E-state index is 12.3. The molecule has 0 radical (unpaired) electrons. The molecule has 5 nitrogen and oxygen atoms in total. The van der Waals surface area contributed by atoms with E-state index in [1.54, 1.807) is 22.1 Å². The zero-order valence-corrected chi connectivity index (χ0v) is 12.4. The molecule has 0 amide bonds. The second kappa shape index (κ2) is 4.94. The molecule has 0 saturated heterocycles. The Balaban J connectivity index is 1.68. The van der Waals surface area contributed by atoms with E-state index in [-0.39, 0.29) is 12.1 Å². The van der Waals surface area contributed by atoms with Crippen molar-refractivity contribution < 1.29 is 4.42 Å². The van der Waals surface area contributed by atoms with Gasteiger partial charge in [-0.2, -0.15) is 0 Å². The maximum atomic E-state index is 12.3. The summed E-state index contributed by atoms with van der Waals surface area (Å²) in [5.41, 5.74) is -0.0374. The van der Waals surface area contributed by atoms with Gasteiger partial charge < -0.3 is 8.98 Å². The Hall–Kier alpha value is -2.25. The summed E-state index contributed by atoms with van der Waals surface area (Å²) in [6, 6.07) is 7.62. The van der Waals surface area contributed by atoms with Crippen molar-refractivity contribution in [3.05, 3.63) is 57.5 Å². The van der Waals surface area contributed by atoms with E-state index in [4.69, 9.17) is 4.42 Å². The SMILES string of the molecule is O=c1c2ccsc2ccn1Cc1nnc(-c2cccs2)o1. The molecular weight excluding hydrogens is 306 g/mol. The van der Waals surface area contributed by atoms with Crippen molar-refractivity contribution in [1.82, 2.24) is 14.8 Å². The van der Waals surface area contributed by atoms with E-state index in [0.717, 1.165) is 15.0 Å². The van der Waals surface area contributed by atoms with Crippen LogP contribution in [-0.2, 0) is 6.54 Å². The number of aromatic nitrogens is 3. The van der Waals surface area contributed by atoms with Crippen molar-refractivity contribution in [3.63, 3.8) is 0 Å². The second-order valence-electron chi connectivity index (χ2n) is 4.43. The van der Waals surface area contributed by atoms with E-state index in [2.05, 4.69) is 10.2 Å². The Morgan fingerprint density at radius 1 is 1.14 bits per heavy atom. The quantitative estimate of drug-likeness (QED) is 0.582. The van der Waals surface area contributed by atoms with Crippen LogP contribution in [0.3, 0.4) is 0 Å². The van der Waals surface area contributed by atoms with Gasteiger partial charge in [-0.15, -0.1) is 32.9 Å². The third-order valence-corrected chi connectivity index (χ3v) is 4.84. The molecule has 4 heterocycles. The van der Waals surface area contributed by atoms with E-state index >= 15 is 0 Å². The molecule has 0 aliphatic rings. The molecule has 0 aliphatic carbocycles. The van der Waals surface area contributed by atoms with Crippen LogP contribution in [0, 0.1) is 0 Å². The normalized spacial score (nSPS) is 11.2. The Labute approximate surface area is 127 Å². The molecule has 0 atom stereocenters. The molecule has 104 valence electrons. The molecule has 7 heteroatoms. The van der Waals surface area contributed by atoms with Crippen LogP contribution in [0.4, 0.5) is 0 Å². The van der Waals surface area contributed by atoms with Crippen LogP contribution in [0.5, 0.6) is 0 Å².